The molecule has 0 N–H and O–H groups in total. The largest absolute Gasteiger partial charge is 0.257 e. The van der Waals surface area contributed by atoms with Gasteiger partial charge in [0.15, 0.2) is 0 Å². The fourth-order valence-electron chi connectivity index (χ4n) is 3.37. The highest BCUT2D eigenvalue weighted by Crippen LogP contribution is 2.27. The third-order valence-electron chi connectivity index (χ3n) is 4.87. The van der Waals surface area contributed by atoms with Crippen LogP contribution in [0.5, 0.6) is 0 Å². The highest BCUT2D eigenvalue weighted by molar-refractivity contribution is 6.07. The lowest BCUT2D eigenvalue weighted by Gasteiger charge is -2.17. The van der Waals surface area contributed by atoms with Crippen LogP contribution in [0.1, 0.15) is 49.4 Å². The number of rotatable bonds is 5. The van der Waals surface area contributed by atoms with Gasteiger partial charge in [0.05, 0.1) is 11.4 Å². The molecule has 0 spiro atoms. The number of benzene rings is 2. The summed E-state index contributed by atoms with van der Waals surface area (Å²) in [6, 6.07) is 12.7. The smallest absolute Gasteiger partial charge is 0.0687 e. The van der Waals surface area contributed by atoms with E-state index in [4.69, 9.17) is 9.98 Å². The van der Waals surface area contributed by atoms with E-state index in [9.17, 15) is 0 Å². The summed E-state index contributed by atoms with van der Waals surface area (Å²) in [5.74, 6) is 0.262. The normalized spacial score (nSPS) is 13.9. The lowest BCUT2D eigenvalue weighted by Crippen LogP contribution is -2.19. The van der Waals surface area contributed by atoms with E-state index in [-0.39, 0.29) is 5.92 Å². The monoisotopic (exact) mass is 334 g/mol. The van der Waals surface area contributed by atoms with Gasteiger partial charge in [0.1, 0.15) is 0 Å². The van der Waals surface area contributed by atoms with Gasteiger partial charge in [-0.2, -0.15) is 0 Å². The maximum atomic E-state index is 4.97. The molecule has 2 nitrogen and oxygen atoms in total. The number of hydrogen-bond donors (Lipinski definition) is 0. The maximum Gasteiger partial charge on any atom is 0.0687 e. The number of aliphatic imine (C=N–C) groups is 2. The Bertz CT molecular complexity index is 705. The SMILES string of the molecule is CCC(/C(C)=N\c1c(C)cccc1C)/C(C)=N/c1c(C)cccc1C. The van der Waals surface area contributed by atoms with Crippen LogP contribution in [-0.4, -0.2) is 11.4 Å². The van der Waals surface area contributed by atoms with Crippen molar-refractivity contribution in [1.82, 2.24) is 0 Å². The van der Waals surface area contributed by atoms with E-state index in [0.29, 0.717) is 0 Å². The fraction of sp³-hybridized carbons (Fsp3) is 0.391. The summed E-state index contributed by atoms with van der Waals surface area (Å²) in [5, 5.41) is 0. The molecule has 0 amide bonds. The van der Waals surface area contributed by atoms with Gasteiger partial charge in [-0.05, 0) is 70.2 Å². The summed E-state index contributed by atoms with van der Waals surface area (Å²) in [7, 11) is 0. The Morgan fingerprint density at radius 1 is 0.720 bits per heavy atom. The molecule has 0 aromatic heterocycles. The fourth-order valence-corrected chi connectivity index (χ4v) is 3.37. The second-order valence-electron chi connectivity index (χ2n) is 6.95. The van der Waals surface area contributed by atoms with Gasteiger partial charge in [-0.25, -0.2) is 0 Å². The number of aryl methyl sites for hydroxylation is 4. The minimum Gasteiger partial charge on any atom is -0.257 e. The molecule has 25 heavy (non-hydrogen) atoms. The first-order chi connectivity index (χ1) is 11.8. The maximum absolute atomic E-state index is 4.97. The summed E-state index contributed by atoms with van der Waals surface area (Å²) in [6.07, 6.45) is 1.00. The molecule has 0 saturated heterocycles. The van der Waals surface area contributed by atoms with Crippen LogP contribution in [0, 0.1) is 33.6 Å². The van der Waals surface area contributed by atoms with Crippen molar-refractivity contribution in [2.24, 2.45) is 15.9 Å². The van der Waals surface area contributed by atoms with Gasteiger partial charge in [0.25, 0.3) is 0 Å². The van der Waals surface area contributed by atoms with Crippen LogP contribution in [0.2, 0.25) is 0 Å². The van der Waals surface area contributed by atoms with Crippen LogP contribution in [0.3, 0.4) is 0 Å². The van der Waals surface area contributed by atoms with Crippen LogP contribution >= 0.6 is 0 Å². The Morgan fingerprint density at radius 2 is 1.04 bits per heavy atom. The van der Waals surface area contributed by atoms with Crippen LogP contribution in [0.15, 0.2) is 46.4 Å². The topological polar surface area (TPSA) is 24.7 Å². The molecule has 0 fully saturated rings. The minimum absolute atomic E-state index is 0.262. The lowest BCUT2D eigenvalue weighted by molar-refractivity contribution is 0.847. The molecule has 2 rings (SSSR count). The van der Waals surface area contributed by atoms with Gasteiger partial charge in [-0.1, -0.05) is 43.3 Å². The molecule has 0 aliphatic carbocycles. The Labute approximate surface area is 152 Å². The molecule has 0 radical (unpaired) electrons. The zero-order chi connectivity index (χ0) is 18.6. The van der Waals surface area contributed by atoms with E-state index in [2.05, 4.69) is 84.9 Å². The van der Waals surface area contributed by atoms with Crippen molar-refractivity contribution < 1.29 is 0 Å². The first-order valence-corrected chi connectivity index (χ1v) is 9.08. The third-order valence-corrected chi connectivity index (χ3v) is 4.87. The molecule has 2 aromatic carbocycles. The quantitative estimate of drug-likeness (QED) is 0.535. The Morgan fingerprint density at radius 3 is 1.32 bits per heavy atom. The van der Waals surface area contributed by atoms with Gasteiger partial charge >= 0.3 is 0 Å². The third kappa shape index (κ3) is 4.45. The molecule has 0 aliphatic rings. The van der Waals surface area contributed by atoms with E-state index in [1.807, 2.05) is 0 Å². The first-order valence-electron chi connectivity index (χ1n) is 9.08. The van der Waals surface area contributed by atoms with Crippen LogP contribution < -0.4 is 0 Å². The molecule has 0 heterocycles. The second-order valence-corrected chi connectivity index (χ2v) is 6.95. The first kappa shape index (κ1) is 19.1. The van der Waals surface area contributed by atoms with Gasteiger partial charge in [0.2, 0.25) is 0 Å². The Balaban J connectivity index is 2.41. The predicted octanol–water partition coefficient (Wildman–Crippen LogP) is 6.83. The van der Waals surface area contributed by atoms with Crippen molar-refractivity contribution in [3.63, 3.8) is 0 Å². The summed E-state index contributed by atoms with van der Waals surface area (Å²) >= 11 is 0. The van der Waals surface area contributed by atoms with Crippen molar-refractivity contribution in [1.29, 1.82) is 0 Å². The van der Waals surface area contributed by atoms with E-state index >= 15 is 0 Å². The zero-order valence-corrected chi connectivity index (χ0v) is 16.6. The van der Waals surface area contributed by atoms with E-state index in [1.165, 1.54) is 22.3 Å². The molecule has 0 aliphatic heterocycles. The molecule has 2 heteroatoms. The van der Waals surface area contributed by atoms with E-state index in [0.717, 1.165) is 29.2 Å². The summed E-state index contributed by atoms with van der Waals surface area (Å²) in [5.41, 5.74) is 9.34. The summed E-state index contributed by atoms with van der Waals surface area (Å²) in [4.78, 5) is 9.95. The molecule has 2 aromatic rings. The van der Waals surface area contributed by atoms with Gasteiger partial charge in [-0.15, -0.1) is 0 Å². The van der Waals surface area contributed by atoms with Crippen LogP contribution in [0.4, 0.5) is 11.4 Å². The van der Waals surface area contributed by atoms with Crippen LogP contribution in [-0.2, 0) is 0 Å². The second kappa shape index (κ2) is 8.24. The van der Waals surface area contributed by atoms with Gasteiger partial charge in [0, 0.05) is 17.3 Å². The Kier molecular flexibility index (Phi) is 6.30. The molecule has 0 saturated carbocycles. The van der Waals surface area contributed by atoms with Crippen molar-refractivity contribution >= 4 is 22.8 Å². The molecule has 1 unspecified atom stereocenters. The van der Waals surface area contributed by atoms with Gasteiger partial charge in [-0.3, -0.25) is 9.98 Å². The number of hydrogen-bond acceptors (Lipinski definition) is 2. The predicted molar refractivity (Wildman–Crippen MR) is 111 cm³/mol. The van der Waals surface area contributed by atoms with Crippen molar-refractivity contribution in [3.05, 3.63) is 58.7 Å². The molecular formula is C23H30N2. The zero-order valence-electron chi connectivity index (χ0n) is 16.6. The van der Waals surface area contributed by atoms with E-state index < -0.39 is 0 Å². The highest BCUT2D eigenvalue weighted by atomic mass is 14.8. The Hall–Kier alpha value is -2.22. The van der Waals surface area contributed by atoms with Crippen molar-refractivity contribution in [3.8, 4) is 0 Å². The lowest BCUT2D eigenvalue weighted by atomic mass is 9.95. The van der Waals surface area contributed by atoms with E-state index in [1.54, 1.807) is 0 Å². The number of para-hydroxylation sites is 2. The highest BCUT2D eigenvalue weighted by Gasteiger charge is 2.15. The average Bonchev–Trinajstić information content (AvgIpc) is 2.55. The number of nitrogens with zero attached hydrogens (tertiary/aromatic N) is 2. The molecular weight excluding hydrogens is 304 g/mol. The van der Waals surface area contributed by atoms with Gasteiger partial charge < -0.3 is 0 Å². The average molecular weight is 335 g/mol. The van der Waals surface area contributed by atoms with Crippen molar-refractivity contribution in [2.75, 3.05) is 0 Å². The molecule has 1 atom stereocenters. The minimum atomic E-state index is 0.262. The van der Waals surface area contributed by atoms with Crippen LogP contribution in [0.25, 0.3) is 0 Å². The summed E-state index contributed by atoms with van der Waals surface area (Å²) < 4.78 is 0. The molecule has 0 bridgehead atoms. The summed E-state index contributed by atoms with van der Waals surface area (Å²) in [6.45, 7) is 15.0. The standard InChI is InChI=1S/C23H30N2/c1-8-21(19(6)24-22-15(2)11-9-12-16(22)3)20(7)25-23-17(4)13-10-14-18(23)5/h9-14,21H,8H2,1-7H3/b24-19-,25-20+. The molecule has 132 valence electrons. The van der Waals surface area contributed by atoms with Crippen molar-refractivity contribution in [2.45, 2.75) is 54.9 Å².